The van der Waals surface area contributed by atoms with Crippen molar-refractivity contribution in [3.8, 4) is 0 Å². The quantitative estimate of drug-likeness (QED) is 0.913. The van der Waals surface area contributed by atoms with Crippen molar-refractivity contribution >= 4 is 21.6 Å². The van der Waals surface area contributed by atoms with E-state index >= 15 is 0 Å². The third-order valence-corrected chi connectivity index (χ3v) is 2.73. The summed E-state index contributed by atoms with van der Waals surface area (Å²) in [5.41, 5.74) is 2.27. The lowest BCUT2D eigenvalue weighted by atomic mass is 10.2. The van der Waals surface area contributed by atoms with Gasteiger partial charge in [0.2, 0.25) is 0 Å². The maximum absolute atomic E-state index is 9.15. The van der Waals surface area contributed by atoms with Crippen LogP contribution in [0.25, 0.3) is 5.65 Å². The molecule has 94 valence electrons. The number of hydrogen-bond donors (Lipinski definition) is 2. The first-order chi connectivity index (χ1) is 8.26. The lowest BCUT2D eigenvalue weighted by Gasteiger charge is -2.01. The molecule has 0 aromatic carbocycles. The van der Waals surface area contributed by atoms with Crippen LogP contribution in [-0.4, -0.2) is 26.2 Å². The molecule has 0 amide bonds. The summed E-state index contributed by atoms with van der Waals surface area (Å²) in [5, 5.41) is 18.1. The first-order valence-corrected chi connectivity index (χ1v) is 6.42. The molecule has 0 fully saturated rings. The molecule has 2 rings (SSSR count). The van der Waals surface area contributed by atoms with Crippen molar-refractivity contribution in [1.29, 1.82) is 0 Å². The molecule has 2 heterocycles. The van der Waals surface area contributed by atoms with Crippen molar-refractivity contribution in [2.75, 3.05) is 6.61 Å². The van der Waals surface area contributed by atoms with Gasteiger partial charge in [-0.1, -0.05) is 13.8 Å². The van der Waals surface area contributed by atoms with E-state index in [4.69, 9.17) is 10.2 Å². The molecule has 0 radical (unpaired) electrons. The minimum absolute atomic E-state index is 0.0489. The van der Waals surface area contributed by atoms with Gasteiger partial charge < -0.3 is 14.6 Å². The van der Waals surface area contributed by atoms with E-state index in [9.17, 15) is 0 Å². The van der Waals surface area contributed by atoms with E-state index in [1.807, 2.05) is 36.6 Å². The van der Waals surface area contributed by atoms with Gasteiger partial charge in [-0.05, 0) is 28.1 Å². The first-order valence-electron chi connectivity index (χ1n) is 5.63. The van der Waals surface area contributed by atoms with Crippen LogP contribution in [-0.2, 0) is 13.0 Å². The van der Waals surface area contributed by atoms with Gasteiger partial charge in [0, 0.05) is 23.7 Å². The highest BCUT2D eigenvalue weighted by Crippen LogP contribution is 2.17. The summed E-state index contributed by atoms with van der Waals surface area (Å²) in [4.78, 5) is 4.27. The van der Waals surface area contributed by atoms with Gasteiger partial charge in [0.05, 0.1) is 18.0 Å². The SMILES string of the molecule is CC.OCCc1c(CO)nc2ccc(Br)cn12. The monoisotopic (exact) mass is 300 g/mol. The summed E-state index contributed by atoms with van der Waals surface area (Å²) in [6, 6.07) is 3.76. The number of halogens is 1. The third-order valence-electron chi connectivity index (χ3n) is 2.26. The van der Waals surface area contributed by atoms with E-state index in [0.717, 1.165) is 15.8 Å². The van der Waals surface area contributed by atoms with Crippen molar-refractivity contribution in [2.24, 2.45) is 0 Å². The van der Waals surface area contributed by atoms with E-state index in [-0.39, 0.29) is 13.2 Å². The molecule has 0 spiro atoms. The summed E-state index contributed by atoms with van der Waals surface area (Å²) in [6.45, 7) is 3.95. The molecule has 2 aromatic heterocycles. The lowest BCUT2D eigenvalue weighted by Crippen LogP contribution is -2.00. The molecule has 0 bridgehead atoms. The number of aromatic nitrogens is 2. The van der Waals surface area contributed by atoms with E-state index in [2.05, 4.69) is 20.9 Å². The van der Waals surface area contributed by atoms with Gasteiger partial charge in [-0.2, -0.15) is 0 Å². The van der Waals surface area contributed by atoms with Crippen LogP contribution in [0.1, 0.15) is 25.2 Å². The number of imidazole rings is 1. The molecule has 0 aliphatic rings. The number of fused-ring (bicyclic) bond motifs is 1. The molecule has 2 N–H and O–H groups in total. The van der Waals surface area contributed by atoms with Crippen molar-refractivity contribution in [3.63, 3.8) is 0 Å². The highest BCUT2D eigenvalue weighted by molar-refractivity contribution is 9.10. The number of nitrogens with zero attached hydrogens (tertiary/aromatic N) is 2. The Bertz CT molecular complexity index is 483. The van der Waals surface area contributed by atoms with Crippen molar-refractivity contribution in [1.82, 2.24) is 9.38 Å². The topological polar surface area (TPSA) is 57.8 Å². The molecule has 4 nitrogen and oxygen atoms in total. The van der Waals surface area contributed by atoms with Gasteiger partial charge in [0.25, 0.3) is 0 Å². The Kier molecular flexibility index (Phi) is 5.61. The second-order valence-corrected chi connectivity index (χ2v) is 4.13. The predicted molar refractivity (Wildman–Crippen MR) is 71.0 cm³/mol. The first kappa shape index (κ1) is 14.2. The Morgan fingerprint density at radius 3 is 2.59 bits per heavy atom. The summed E-state index contributed by atoms with van der Waals surface area (Å²) >= 11 is 3.38. The van der Waals surface area contributed by atoms with Crippen LogP contribution in [0, 0.1) is 0 Å². The standard InChI is InChI=1S/C10H11BrN2O2.C2H6/c11-7-1-2-10-12-8(6-15)9(3-4-14)13(10)5-7;1-2/h1-2,5,14-15H,3-4,6H2;1-2H3. The van der Waals surface area contributed by atoms with Crippen molar-refractivity contribution < 1.29 is 10.2 Å². The maximum Gasteiger partial charge on any atom is 0.137 e. The zero-order valence-corrected chi connectivity index (χ0v) is 11.6. The van der Waals surface area contributed by atoms with E-state index in [1.165, 1.54) is 0 Å². The molecule has 0 atom stereocenters. The molecule has 0 aliphatic carbocycles. The van der Waals surface area contributed by atoms with Gasteiger partial charge in [0.15, 0.2) is 0 Å². The molecular formula is C12H17BrN2O2. The largest absolute Gasteiger partial charge is 0.396 e. The van der Waals surface area contributed by atoms with Crippen LogP contribution in [0.5, 0.6) is 0 Å². The smallest absolute Gasteiger partial charge is 0.137 e. The number of aliphatic hydroxyl groups is 2. The van der Waals surface area contributed by atoms with Gasteiger partial charge in [-0.3, -0.25) is 0 Å². The van der Waals surface area contributed by atoms with Crippen LogP contribution in [0.3, 0.4) is 0 Å². The maximum atomic E-state index is 9.15. The van der Waals surface area contributed by atoms with Gasteiger partial charge in [0.1, 0.15) is 5.65 Å². The minimum Gasteiger partial charge on any atom is -0.396 e. The zero-order chi connectivity index (χ0) is 12.8. The fraction of sp³-hybridized carbons (Fsp3) is 0.417. The molecule has 5 heteroatoms. The average molecular weight is 301 g/mol. The number of pyridine rings is 1. The van der Waals surface area contributed by atoms with E-state index in [0.29, 0.717) is 12.1 Å². The predicted octanol–water partition coefficient (Wildman–Crippen LogP) is 2.15. The van der Waals surface area contributed by atoms with Crippen molar-refractivity contribution in [3.05, 3.63) is 34.2 Å². The molecule has 0 saturated carbocycles. The molecule has 0 aliphatic heterocycles. The Hall–Kier alpha value is -0.910. The van der Waals surface area contributed by atoms with E-state index < -0.39 is 0 Å². The van der Waals surface area contributed by atoms with Gasteiger partial charge >= 0.3 is 0 Å². The zero-order valence-electron chi connectivity index (χ0n) is 10.0. The molecule has 0 unspecified atom stereocenters. The highest BCUT2D eigenvalue weighted by atomic mass is 79.9. The average Bonchev–Trinajstić information content (AvgIpc) is 2.70. The Balaban J connectivity index is 0.000000686. The fourth-order valence-electron chi connectivity index (χ4n) is 1.61. The lowest BCUT2D eigenvalue weighted by molar-refractivity contribution is 0.271. The Morgan fingerprint density at radius 1 is 1.29 bits per heavy atom. The number of aliphatic hydroxyl groups excluding tert-OH is 2. The second-order valence-electron chi connectivity index (χ2n) is 3.21. The number of rotatable bonds is 3. The van der Waals surface area contributed by atoms with Crippen LogP contribution >= 0.6 is 15.9 Å². The van der Waals surface area contributed by atoms with Crippen LogP contribution < -0.4 is 0 Å². The molecular weight excluding hydrogens is 284 g/mol. The van der Waals surface area contributed by atoms with Crippen molar-refractivity contribution in [2.45, 2.75) is 26.9 Å². The third kappa shape index (κ3) is 3.06. The minimum atomic E-state index is -0.103. The Labute approximate surface area is 109 Å². The second kappa shape index (κ2) is 6.74. The molecule has 17 heavy (non-hydrogen) atoms. The molecule has 2 aromatic rings. The summed E-state index contributed by atoms with van der Waals surface area (Å²) in [5.74, 6) is 0. The normalized spacial score (nSPS) is 10.2. The highest BCUT2D eigenvalue weighted by Gasteiger charge is 2.10. The van der Waals surface area contributed by atoms with Gasteiger partial charge in [-0.25, -0.2) is 4.98 Å². The Morgan fingerprint density at radius 2 is 2.00 bits per heavy atom. The summed E-state index contributed by atoms with van der Waals surface area (Å²) in [7, 11) is 0. The van der Waals surface area contributed by atoms with Crippen LogP contribution in [0.4, 0.5) is 0 Å². The van der Waals surface area contributed by atoms with Crippen LogP contribution in [0.15, 0.2) is 22.8 Å². The number of hydrogen-bond acceptors (Lipinski definition) is 3. The molecule has 0 saturated heterocycles. The summed E-state index contributed by atoms with van der Waals surface area (Å²) in [6.07, 6.45) is 2.38. The van der Waals surface area contributed by atoms with Crippen LogP contribution in [0.2, 0.25) is 0 Å². The van der Waals surface area contributed by atoms with Gasteiger partial charge in [-0.15, -0.1) is 0 Å². The summed E-state index contributed by atoms with van der Waals surface area (Å²) < 4.78 is 2.82. The fourth-order valence-corrected chi connectivity index (χ4v) is 1.95. The van der Waals surface area contributed by atoms with E-state index in [1.54, 1.807) is 0 Å².